The first-order valence-corrected chi connectivity index (χ1v) is 6.63. The van der Waals surface area contributed by atoms with Gasteiger partial charge in [0.15, 0.2) is 5.65 Å². The summed E-state index contributed by atoms with van der Waals surface area (Å²) >= 11 is 0. The number of nitrogens with zero attached hydrogens (tertiary/aromatic N) is 6. The zero-order chi connectivity index (χ0) is 14.5. The number of nitrogens with one attached hydrogen (secondary N) is 1. The fraction of sp³-hybridized carbons (Fsp3) is 0.538. The third kappa shape index (κ3) is 3.03. The molecule has 1 N–H and O–H groups in total. The van der Waals surface area contributed by atoms with Crippen molar-refractivity contribution in [1.82, 2.24) is 24.6 Å². The number of fused-ring (bicyclic) bond motifs is 1. The third-order valence-corrected chi connectivity index (χ3v) is 3.00. The van der Waals surface area contributed by atoms with Crippen LogP contribution in [0.3, 0.4) is 0 Å². The maximum atomic E-state index is 8.62. The maximum absolute atomic E-state index is 8.62. The Kier molecular flexibility index (Phi) is 4.48. The van der Waals surface area contributed by atoms with Crippen molar-refractivity contribution in [3.63, 3.8) is 0 Å². The molecular formula is C13H19N7. The van der Waals surface area contributed by atoms with E-state index >= 15 is 0 Å². The highest BCUT2D eigenvalue weighted by Gasteiger charge is 2.12. The van der Waals surface area contributed by atoms with Gasteiger partial charge < -0.3 is 5.32 Å². The van der Waals surface area contributed by atoms with Gasteiger partial charge in [0.05, 0.1) is 24.2 Å². The lowest BCUT2D eigenvalue weighted by atomic mass is 10.3. The van der Waals surface area contributed by atoms with Crippen molar-refractivity contribution in [3.05, 3.63) is 12.0 Å². The van der Waals surface area contributed by atoms with Crippen molar-refractivity contribution in [2.45, 2.75) is 19.9 Å². The van der Waals surface area contributed by atoms with E-state index in [1.165, 1.54) is 0 Å². The zero-order valence-electron chi connectivity index (χ0n) is 12.1. The van der Waals surface area contributed by atoms with E-state index in [9.17, 15) is 0 Å². The summed E-state index contributed by atoms with van der Waals surface area (Å²) in [6.07, 6.45) is 2.28. The second-order valence-corrected chi connectivity index (χ2v) is 4.67. The van der Waals surface area contributed by atoms with E-state index in [1.54, 1.807) is 10.9 Å². The first-order valence-electron chi connectivity index (χ1n) is 6.63. The van der Waals surface area contributed by atoms with Crippen LogP contribution in [0.15, 0.2) is 6.20 Å². The summed E-state index contributed by atoms with van der Waals surface area (Å²) in [6, 6.07) is 2.14. The first kappa shape index (κ1) is 14.2. The molecule has 0 atom stereocenters. The van der Waals surface area contributed by atoms with Crippen molar-refractivity contribution >= 4 is 16.9 Å². The molecule has 2 aromatic rings. The summed E-state index contributed by atoms with van der Waals surface area (Å²) in [7, 11) is 3.83. The molecule has 7 nitrogen and oxygen atoms in total. The van der Waals surface area contributed by atoms with Crippen LogP contribution in [0, 0.1) is 11.3 Å². The van der Waals surface area contributed by atoms with Crippen molar-refractivity contribution < 1.29 is 0 Å². The minimum atomic E-state index is 0.504. The van der Waals surface area contributed by atoms with Gasteiger partial charge in [0, 0.05) is 26.6 Å². The molecule has 0 fully saturated rings. The predicted octanol–water partition coefficient (Wildman–Crippen LogP) is 1.14. The van der Waals surface area contributed by atoms with Crippen LogP contribution in [0.2, 0.25) is 0 Å². The maximum Gasteiger partial charge on any atom is 0.163 e. The molecule has 2 heterocycles. The van der Waals surface area contributed by atoms with Crippen molar-refractivity contribution in [2.24, 2.45) is 7.05 Å². The Morgan fingerprint density at radius 2 is 2.25 bits per heavy atom. The summed E-state index contributed by atoms with van der Waals surface area (Å²) in [5, 5.41) is 17.0. The van der Waals surface area contributed by atoms with E-state index in [0.717, 1.165) is 29.2 Å². The topological polar surface area (TPSA) is 82.7 Å². The standard InChI is InChI=1S/C13H19N7/c1-4-15-12-10-8-16-20(3)13(10)18-11(17-12)9-19(2)7-5-6-14/h8H,4-5,7,9H2,1-3H3,(H,15,17,18). The number of hydrogen-bond donors (Lipinski definition) is 1. The van der Waals surface area contributed by atoms with E-state index < -0.39 is 0 Å². The molecule has 0 aliphatic heterocycles. The van der Waals surface area contributed by atoms with Gasteiger partial charge in [-0.15, -0.1) is 0 Å². The molecule has 0 saturated carbocycles. The molecular weight excluding hydrogens is 254 g/mol. The van der Waals surface area contributed by atoms with Crippen LogP contribution < -0.4 is 5.32 Å². The zero-order valence-corrected chi connectivity index (χ0v) is 12.1. The van der Waals surface area contributed by atoms with Crippen LogP contribution in [0.4, 0.5) is 5.82 Å². The van der Waals surface area contributed by atoms with Crippen LogP contribution >= 0.6 is 0 Å². The molecule has 0 unspecified atom stereocenters. The van der Waals surface area contributed by atoms with Crippen LogP contribution in [0.1, 0.15) is 19.2 Å². The van der Waals surface area contributed by atoms with Gasteiger partial charge in [-0.2, -0.15) is 10.4 Å². The number of aryl methyl sites for hydroxylation is 1. The number of aromatic nitrogens is 4. The molecule has 2 rings (SSSR count). The van der Waals surface area contributed by atoms with E-state index in [2.05, 4.69) is 26.5 Å². The average Bonchev–Trinajstić information content (AvgIpc) is 2.79. The molecule has 106 valence electrons. The first-order chi connectivity index (χ1) is 9.65. The molecule has 0 bridgehead atoms. The Morgan fingerprint density at radius 1 is 1.45 bits per heavy atom. The lowest BCUT2D eigenvalue weighted by Gasteiger charge is -2.14. The fourth-order valence-electron chi connectivity index (χ4n) is 2.00. The van der Waals surface area contributed by atoms with Crippen LogP contribution in [-0.4, -0.2) is 44.8 Å². The molecule has 7 heteroatoms. The minimum Gasteiger partial charge on any atom is -0.370 e. The van der Waals surface area contributed by atoms with Crippen molar-refractivity contribution in [3.8, 4) is 6.07 Å². The molecule has 0 radical (unpaired) electrons. The van der Waals surface area contributed by atoms with Crippen LogP contribution in [0.5, 0.6) is 0 Å². The number of anilines is 1. The number of hydrogen-bond acceptors (Lipinski definition) is 6. The van der Waals surface area contributed by atoms with Crippen molar-refractivity contribution in [1.29, 1.82) is 5.26 Å². The Morgan fingerprint density at radius 3 is 2.95 bits per heavy atom. The molecule has 0 aromatic carbocycles. The minimum absolute atomic E-state index is 0.504. The van der Waals surface area contributed by atoms with Gasteiger partial charge in [0.1, 0.15) is 11.6 Å². The SMILES string of the molecule is CCNc1nc(CN(C)CCC#N)nc2c1cnn2C. The highest BCUT2D eigenvalue weighted by molar-refractivity contribution is 5.86. The fourth-order valence-corrected chi connectivity index (χ4v) is 2.00. The number of rotatable bonds is 6. The van der Waals surface area contributed by atoms with Gasteiger partial charge in [-0.3, -0.25) is 9.58 Å². The normalized spacial score (nSPS) is 10.9. The second-order valence-electron chi connectivity index (χ2n) is 4.67. The Bertz CT molecular complexity index is 625. The van der Waals surface area contributed by atoms with Crippen LogP contribution in [0.25, 0.3) is 11.0 Å². The smallest absolute Gasteiger partial charge is 0.163 e. The quantitative estimate of drug-likeness (QED) is 0.850. The lowest BCUT2D eigenvalue weighted by Crippen LogP contribution is -2.21. The van der Waals surface area contributed by atoms with Gasteiger partial charge in [-0.25, -0.2) is 9.97 Å². The highest BCUT2D eigenvalue weighted by atomic mass is 15.3. The van der Waals surface area contributed by atoms with Gasteiger partial charge in [-0.1, -0.05) is 0 Å². The van der Waals surface area contributed by atoms with E-state index in [-0.39, 0.29) is 0 Å². The molecule has 0 amide bonds. The third-order valence-electron chi connectivity index (χ3n) is 3.00. The molecule has 20 heavy (non-hydrogen) atoms. The van der Waals surface area contributed by atoms with Gasteiger partial charge in [0.25, 0.3) is 0 Å². The van der Waals surface area contributed by atoms with E-state index in [1.807, 2.05) is 25.9 Å². The Labute approximate surface area is 118 Å². The van der Waals surface area contributed by atoms with E-state index in [4.69, 9.17) is 5.26 Å². The summed E-state index contributed by atoms with van der Waals surface area (Å²) in [6.45, 7) is 4.15. The predicted molar refractivity (Wildman–Crippen MR) is 77.0 cm³/mol. The summed E-state index contributed by atoms with van der Waals surface area (Å²) in [4.78, 5) is 11.1. The highest BCUT2D eigenvalue weighted by Crippen LogP contribution is 2.19. The summed E-state index contributed by atoms with van der Waals surface area (Å²) < 4.78 is 1.75. The average molecular weight is 273 g/mol. The second kappa shape index (κ2) is 6.30. The van der Waals surface area contributed by atoms with Gasteiger partial charge in [0.2, 0.25) is 0 Å². The van der Waals surface area contributed by atoms with Crippen molar-refractivity contribution in [2.75, 3.05) is 25.5 Å². The Balaban J connectivity index is 2.29. The monoisotopic (exact) mass is 273 g/mol. The van der Waals surface area contributed by atoms with Gasteiger partial charge >= 0.3 is 0 Å². The lowest BCUT2D eigenvalue weighted by molar-refractivity contribution is 0.326. The molecule has 0 aliphatic rings. The Hall–Kier alpha value is -2.20. The summed E-state index contributed by atoms with van der Waals surface area (Å²) in [5.41, 5.74) is 0.819. The van der Waals surface area contributed by atoms with Crippen LogP contribution in [-0.2, 0) is 13.6 Å². The largest absolute Gasteiger partial charge is 0.370 e. The molecule has 0 spiro atoms. The molecule has 2 aromatic heterocycles. The molecule has 0 aliphatic carbocycles. The number of nitriles is 1. The summed E-state index contributed by atoms with van der Waals surface area (Å²) in [5.74, 6) is 1.55. The molecule has 0 saturated heterocycles. The van der Waals surface area contributed by atoms with E-state index in [0.29, 0.717) is 19.5 Å². The van der Waals surface area contributed by atoms with Gasteiger partial charge in [-0.05, 0) is 14.0 Å².